The molecule has 1 N–H and O–H groups in total. The number of benzene rings is 1. The molecule has 5 rings (SSSR count). The Morgan fingerprint density at radius 3 is 2.86 bits per heavy atom. The molecule has 0 bridgehead atoms. The van der Waals surface area contributed by atoms with Crippen LogP contribution in [0.2, 0.25) is 0 Å². The predicted molar refractivity (Wildman–Crippen MR) is 105 cm³/mol. The Morgan fingerprint density at radius 1 is 1.18 bits per heavy atom. The molecule has 3 fully saturated rings. The fourth-order valence-corrected chi connectivity index (χ4v) is 5.51. The number of piperidine rings is 1. The highest BCUT2D eigenvalue weighted by Crippen LogP contribution is 2.39. The Hall–Kier alpha value is -2.34. The Balaban J connectivity index is 1.32. The molecule has 0 spiro atoms. The maximum absolute atomic E-state index is 12.8. The minimum atomic E-state index is -0.419. The molecule has 4 atom stereocenters. The van der Waals surface area contributed by atoms with Gasteiger partial charge in [-0.05, 0) is 75.4 Å². The first kappa shape index (κ1) is 17.7. The van der Waals surface area contributed by atoms with E-state index >= 15 is 0 Å². The molecule has 3 aliphatic heterocycles. The summed E-state index contributed by atoms with van der Waals surface area (Å²) in [6, 6.07) is 5.85. The zero-order chi connectivity index (χ0) is 19.4. The number of likely N-dealkylation sites (tertiary alicyclic amines) is 1. The van der Waals surface area contributed by atoms with E-state index in [0.29, 0.717) is 31.0 Å². The normalized spacial score (nSPS) is 32.5. The summed E-state index contributed by atoms with van der Waals surface area (Å²) in [5.41, 5.74) is 2.37. The van der Waals surface area contributed by atoms with Crippen molar-refractivity contribution in [3.05, 3.63) is 41.6 Å². The van der Waals surface area contributed by atoms with Gasteiger partial charge in [0.1, 0.15) is 17.9 Å². The average Bonchev–Trinajstić information content (AvgIpc) is 3.32. The molecule has 148 valence electrons. The average molecular weight is 381 g/mol. The highest BCUT2D eigenvalue weighted by atomic mass is 16.5. The molecule has 1 aromatic carbocycles. The summed E-state index contributed by atoms with van der Waals surface area (Å²) >= 11 is 0. The van der Waals surface area contributed by atoms with Gasteiger partial charge >= 0.3 is 0 Å². The van der Waals surface area contributed by atoms with E-state index in [9.17, 15) is 9.59 Å². The lowest BCUT2D eigenvalue weighted by Gasteiger charge is -2.30. The van der Waals surface area contributed by atoms with Gasteiger partial charge < -0.3 is 15.0 Å². The smallest absolute Gasteiger partial charge is 0.255 e. The molecule has 6 heteroatoms. The van der Waals surface area contributed by atoms with Crippen molar-refractivity contribution in [2.24, 2.45) is 5.92 Å². The summed E-state index contributed by atoms with van der Waals surface area (Å²) in [4.78, 5) is 29.3. The number of hydrogen-bond donors (Lipinski definition) is 1. The largest absolute Gasteiger partial charge is 0.489 e. The highest BCUT2D eigenvalue weighted by Gasteiger charge is 2.44. The van der Waals surface area contributed by atoms with Gasteiger partial charge in [-0.1, -0.05) is 6.58 Å². The zero-order valence-corrected chi connectivity index (χ0v) is 16.3. The number of likely N-dealkylation sites (N-methyl/N-ethyl adjacent to an activating group) is 1. The third-order valence-electron chi connectivity index (χ3n) is 6.94. The van der Waals surface area contributed by atoms with Crippen LogP contribution in [0.4, 0.5) is 0 Å². The van der Waals surface area contributed by atoms with Crippen LogP contribution < -0.4 is 10.1 Å². The van der Waals surface area contributed by atoms with E-state index in [1.165, 1.54) is 12.8 Å². The summed E-state index contributed by atoms with van der Waals surface area (Å²) < 4.78 is 6.37. The molecule has 0 radical (unpaired) electrons. The van der Waals surface area contributed by atoms with E-state index in [4.69, 9.17) is 4.74 Å². The van der Waals surface area contributed by atoms with Crippen LogP contribution in [-0.4, -0.2) is 53.4 Å². The number of carbonyl (C=O) groups excluding carboxylic acids is 2. The molecule has 4 unspecified atom stereocenters. The quantitative estimate of drug-likeness (QED) is 0.873. The van der Waals surface area contributed by atoms with Crippen molar-refractivity contribution in [1.82, 2.24) is 15.1 Å². The van der Waals surface area contributed by atoms with Crippen LogP contribution in [0.15, 0.2) is 30.5 Å². The minimum absolute atomic E-state index is 0.0642. The summed E-state index contributed by atoms with van der Waals surface area (Å²) in [6.07, 6.45) is 5.16. The van der Waals surface area contributed by atoms with E-state index in [-0.39, 0.29) is 17.9 Å². The zero-order valence-electron chi connectivity index (χ0n) is 16.3. The van der Waals surface area contributed by atoms with E-state index in [0.717, 1.165) is 35.9 Å². The van der Waals surface area contributed by atoms with E-state index in [1.807, 2.05) is 18.2 Å². The van der Waals surface area contributed by atoms with E-state index in [1.54, 1.807) is 4.90 Å². The lowest BCUT2D eigenvalue weighted by atomic mass is 10.0. The van der Waals surface area contributed by atoms with Gasteiger partial charge in [0.2, 0.25) is 5.91 Å². The number of carbonyl (C=O) groups is 2. The van der Waals surface area contributed by atoms with Crippen molar-refractivity contribution in [2.45, 2.75) is 56.8 Å². The molecule has 1 aliphatic carbocycles. The standard InChI is InChI=1S/C22H27N3O3/c1-13-3-7-18(21(26)23-13)25-12-15-11-16(5-6-17(15)22(25)27)28-19-8-4-14-9-10-24(2)20(14)19/h5-6,11,14,18-20H,1,3-4,7-10,12H2,2H3,(H,23,26). The molecule has 2 amide bonds. The molecular formula is C22H27N3O3. The second-order valence-corrected chi connectivity index (χ2v) is 8.65. The van der Waals surface area contributed by atoms with Crippen molar-refractivity contribution in [1.29, 1.82) is 0 Å². The van der Waals surface area contributed by atoms with Crippen molar-refractivity contribution in [2.75, 3.05) is 13.6 Å². The van der Waals surface area contributed by atoms with Crippen molar-refractivity contribution >= 4 is 11.8 Å². The number of nitrogens with zero attached hydrogens (tertiary/aromatic N) is 2. The van der Waals surface area contributed by atoms with Crippen LogP contribution in [0.5, 0.6) is 5.75 Å². The topological polar surface area (TPSA) is 61.9 Å². The van der Waals surface area contributed by atoms with Crippen LogP contribution in [0, 0.1) is 5.92 Å². The predicted octanol–water partition coefficient (Wildman–Crippen LogP) is 2.30. The van der Waals surface area contributed by atoms with Gasteiger partial charge in [0, 0.05) is 23.8 Å². The fraction of sp³-hybridized carbons (Fsp3) is 0.545. The number of amides is 2. The Labute approximate surface area is 165 Å². The molecule has 6 nitrogen and oxygen atoms in total. The summed E-state index contributed by atoms with van der Waals surface area (Å²) in [7, 11) is 2.19. The number of rotatable bonds is 3. The van der Waals surface area contributed by atoms with Gasteiger partial charge in [-0.25, -0.2) is 0 Å². The van der Waals surface area contributed by atoms with Crippen LogP contribution >= 0.6 is 0 Å². The molecule has 4 aliphatic rings. The van der Waals surface area contributed by atoms with E-state index in [2.05, 4.69) is 23.8 Å². The maximum atomic E-state index is 12.8. The SMILES string of the molecule is C=C1CCC(N2Cc3cc(OC4CCC5CCN(C)C54)ccc3C2=O)C(=O)N1. The molecule has 0 aromatic heterocycles. The highest BCUT2D eigenvalue weighted by molar-refractivity contribution is 6.01. The second-order valence-electron chi connectivity index (χ2n) is 8.65. The molecule has 2 saturated heterocycles. The summed E-state index contributed by atoms with van der Waals surface area (Å²) in [5.74, 6) is 1.39. The first-order chi connectivity index (χ1) is 13.5. The van der Waals surface area contributed by atoms with Crippen molar-refractivity contribution < 1.29 is 14.3 Å². The fourth-order valence-electron chi connectivity index (χ4n) is 5.51. The summed E-state index contributed by atoms with van der Waals surface area (Å²) in [6.45, 7) is 5.43. The van der Waals surface area contributed by atoms with Gasteiger partial charge in [0.25, 0.3) is 5.91 Å². The van der Waals surface area contributed by atoms with Crippen molar-refractivity contribution in [3.63, 3.8) is 0 Å². The van der Waals surface area contributed by atoms with Gasteiger partial charge in [0.15, 0.2) is 0 Å². The van der Waals surface area contributed by atoms with Gasteiger partial charge in [0.05, 0.1) is 0 Å². The number of nitrogens with one attached hydrogen (secondary N) is 1. The number of ether oxygens (including phenoxy) is 1. The lowest BCUT2D eigenvalue weighted by molar-refractivity contribution is -0.126. The van der Waals surface area contributed by atoms with E-state index < -0.39 is 6.04 Å². The van der Waals surface area contributed by atoms with Crippen molar-refractivity contribution in [3.8, 4) is 5.75 Å². The van der Waals surface area contributed by atoms with Crippen LogP contribution in [0.3, 0.4) is 0 Å². The minimum Gasteiger partial charge on any atom is -0.489 e. The third kappa shape index (κ3) is 2.82. The number of allylic oxidation sites excluding steroid dienone is 1. The number of hydrogen-bond acceptors (Lipinski definition) is 4. The first-order valence-electron chi connectivity index (χ1n) is 10.3. The monoisotopic (exact) mass is 381 g/mol. The number of fused-ring (bicyclic) bond motifs is 2. The van der Waals surface area contributed by atoms with Crippen LogP contribution in [0.1, 0.15) is 48.0 Å². The maximum Gasteiger partial charge on any atom is 0.255 e. The van der Waals surface area contributed by atoms with Crippen LogP contribution in [-0.2, 0) is 11.3 Å². The van der Waals surface area contributed by atoms with Gasteiger partial charge in [-0.3, -0.25) is 14.5 Å². The second kappa shape index (κ2) is 6.62. The molecular weight excluding hydrogens is 354 g/mol. The Morgan fingerprint density at radius 2 is 2.04 bits per heavy atom. The Bertz CT molecular complexity index is 851. The molecule has 1 aromatic rings. The van der Waals surface area contributed by atoms with Crippen LogP contribution in [0.25, 0.3) is 0 Å². The van der Waals surface area contributed by atoms with Gasteiger partial charge in [-0.2, -0.15) is 0 Å². The Kier molecular flexibility index (Phi) is 4.19. The molecule has 3 heterocycles. The van der Waals surface area contributed by atoms with Gasteiger partial charge in [-0.15, -0.1) is 0 Å². The third-order valence-corrected chi connectivity index (χ3v) is 6.94. The summed E-state index contributed by atoms with van der Waals surface area (Å²) in [5, 5.41) is 2.78. The first-order valence-corrected chi connectivity index (χ1v) is 10.3. The molecule has 28 heavy (non-hydrogen) atoms. The lowest BCUT2D eigenvalue weighted by Crippen LogP contribution is -2.49. The molecule has 1 saturated carbocycles.